The first-order valence-electron chi connectivity index (χ1n) is 7.69. The molecule has 0 atom stereocenters. The Balaban J connectivity index is 0.00000144. The predicted molar refractivity (Wildman–Crippen MR) is 99.8 cm³/mol. The number of aryl methyl sites for hydroxylation is 1. The van der Waals surface area contributed by atoms with E-state index in [1.54, 1.807) is 0 Å². The number of aromatic nitrogens is 2. The van der Waals surface area contributed by atoms with Crippen LogP contribution >= 0.6 is 24.8 Å². The van der Waals surface area contributed by atoms with Gasteiger partial charge in [-0.05, 0) is 43.9 Å². The minimum absolute atomic E-state index is 0. The standard InChI is InChI=1S/C17H21FN4.2ClH/c1-11-21-16(13-8-15(19)9-13)10-17(22-11)20-7-6-12-2-4-14(18)5-3-12;;/h2-5,10,13,15H,6-9,19H2,1H3,(H,20,21,22);2*1H. The predicted octanol–water partition coefficient (Wildman–Crippen LogP) is 3.63. The van der Waals surface area contributed by atoms with Crippen molar-refractivity contribution in [1.82, 2.24) is 9.97 Å². The maximum Gasteiger partial charge on any atom is 0.129 e. The van der Waals surface area contributed by atoms with E-state index in [1.165, 1.54) is 12.1 Å². The molecule has 1 aliphatic carbocycles. The van der Waals surface area contributed by atoms with E-state index >= 15 is 0 Å². The van der Waals surface area contributed by atoms with Crippen molar-refractivity contribution in [2.45, 2.75) is 38.1 Å². The Kier molecular flexibility index (Phi) is 7.87. The van der Waals surface area contributed by atoms with Crippen LogP contribution in [-0.4, -0.2) is 22.6 Å². The minimum atomic E-state index is -0.202. The normalized spacial score (nSPS) is 18.8. The number of nitrogens with one attached hydrogen (secondary N) is 1. The van der Waals surface area contributed by atoms with Gasteiger partial charge in [0.05, 0.1) is 0 Å². The molecule has 1 saturated carbocycles. The van der Waals surface area contributed by atoms with Crippen LogP contribution < -0.4 is 11.1 Å². The van der Waals surface area contributed by atoms with Crippen LogP contribution in [-0.2, 0) is 6.42 Å². The number of halogens is 3. The lowest BCUT2D eigenvalue weighted by Crippen LogP contribution is -2.35. The number of anilines is 1. The van der Waals surface area contributed by atoms with E-state index in [-0.39, 0.29) is 30.6 Å². The molecule has 0 spiro atoms. The van der Waals surface area contributed by atoms with Crippen molar-refractivity contribution in [3.8, 4) is 0 Å². The van der Waals surface area contributed by atoms with Gasteiger partial charge in [-0.15, -0.1) is 24.8 Å². The van der Waals surface area contributed by atoms with Crippen LogP contribution in [0, 0.1) is 12.7 Å². The molecule has 7 heteroatoms. The molecule has 0 bridgehead atoms. The van der Waals surface area contributed by atoms with Crippen molar-refractivity contribution in [2.75, 3.05) is 11.9 Å². The largest absolute Gasteiger partial charge is 0.370 e. The quantitative estimate of drug-likeness (QED) is 0.840. The molecule has 1 aromatic heterocycles. The lowest BCUT2D eigenvalue weighted by atomic mass is 9.78. The van der Waals surface area contributed by atoms with E-state index in [4.69, 9.17) is 5.73 Å². The summed E-state index contributed by atoms with van der Waals surface area (Å²) in [5.74, 6) is 1.90. The fourth-order valence-corrected chi connectivity index (χ4v) is 2.78. The van der Waals surface area contributed by atoms with Gasteiger partial charge in [0, 0.05) is 30.3 Å². The zero-order chi connectivity index (χ0) is 15.5. The smallest absolute Gasteiger partial charge is 0.129 e. The number of hydrogen-bond donors (Lipinski definition) is 2. The van der Waals surface area contributed by atoms with E-state index in [1.807, 2.05) is 25.1 Å². The molecule has 0 aliphatic heterocycles. The molecule has 0 saturated heterocycles. The van der Waals surface area contributed by atoms with Crippen LogP contribution in [0.1, 0.15) is 35.8 Å². The van der Waals surface area contributed by atoms with E-state index in [9.17, 15) is 4.39 Å². The zero-order valence-electron chi connectivity index (χ0n) is 13.5. The molecule has 0 amide bonds. The summed E-state index contributed by atoms with van der Waals surface area (Å²) in [6, 6.07) is 8.93. The fraction of sp³-hybridized carbons (Fsp3) is 0.412. The fourth-order valence-electron chi connectivity index (χ4n) is 2.78. The number of hydrogen-bond acceptors (Lipinski definition) is 4. The van der Waals surface area contributed by atoms with E-state index in [0.29, 0.717) is 12.0 Å². The second-order valence-electron chi connectivity index (χ2n) is 5.96. The van der Waals surface area contributed by atoms with Gasteiger partial charge >= 0.3 is 0 Å². The third kappa shape index (κ3) is 5.30. The third-order valence-corrected chi connectivity index (χ3v) is 4.08. The zero-order valence-corrected chi connectivity index (χ0v) is 15.2. The Bertz CT molecular complexity index is 646. The van der Waals surface area contributed by atoms with Crippen LogP contribution in [0.2, 0.25) is 0 Å². The molecular formula is C17H23Cl2FN4. The van der Waals surface area contributed by atoms with Crippen molar-refractivity contribution in [3.05, 3.63) is 53.2 Å². The summed E-state index contributed by atoms with van der Waals surface area (Å²) >= 11 is 0. The van der Waals surface area contributed by atoms with Crippen molar-refractivity contribution in [3.63, 3.8) is 0 Å². The monoisotopic (exact) mass is 372 g/mol. The van der Waals surface area contributed by atoms with E-state index in [0.717, 1.165) is 48.7 Å². The lowest BCUT2D eigenvalue weighted by Gasteiger charge is -2.32. The maximum absolute atomic E-state index is 12.9. The molecule has 2 aromatic rings. The lowest BCUT2D eigenvalue weighted by molar-refractivity contribution is 0.344. The molecule has 24 heavy (non-hydrogen) atoms. The highest BCUT2D eigenvalue weighted by Gasteiger charge is 2.28. The number of rotatable bonds is 5. The molecule has 4 nitrogen and oxygen atoms in total. The Hall–Kier alpha value is -1.43. The second kappa shape index (κ2) is 9.16. The van der Waals surface area contributed by atoms with E-state index < -0.39 is 0 Å². The SMILES string of the molecule is Cc1nc(NCCc2ccc(F)cc2)cc(C2CC(N)C2)n1.Cl.Cl. The first kappa shape index (κ1) is 20.6. The summed E-state index contributed by atoms with van der Waals surface area (Å²) in [5.41, 5.74) is 8.04. The molecule has 3 N–H and O–H groups in total. The van der Waals surface area contributed by atoms with E-state index in [2.05, 4.69) is 15.3 Å². The highest BCUT2D eigenvalue weighted by molar-refractivity contribution is 5.85. The molecular weight excluding hydrogens is 350 g/mol. The number of benzene rings is 1. The molecule has 1 aliphatic rings. The van der Waals surface area contributed by atoms with Gasteiger partial charge in [-0.1, -0.05) is 12.1 Å². The Morgan fingerprint density at radius 3 is 2.46 bits per heavy atom. The van der Waals surface area contributed by atoms with Crippen molar-refractivity contribution < 1.29 is 4.39 Å². The summed E-state index contributed by atoms with van der Waals surface area (Å²) in [7, 11) is 0. The summed E-state index contributed by atoms with van der Waals surface area (Å²) in [6.45, 7) is 2.67. The van der Waals surface area contributed by atoms with Crippen LogP contribution in [0.4, 0.5) is 10.2 Å². The third-order valence-electron chi connectivity index (χ3n) is 4.08. The van der Waals surface area contributed by atoms with Crippen LogP contribution in [0.15, 0.2) is 30.3 Å². The Morgan fingerprint density at radius 1 is 1.17 bits per heavy atom. The minimum Gasteiger partial charge on any atom is -0.370 e. The van der Waals surface area contributed by atoms with Gasteiger partial charge in [0.1, 0.15) is 17.5 Å². The molecule has 1 fully saturated rings. The van der Waals surface area contributed by atoms with Gasteiger partial charge in [-0.2, -0.15) is 0 Å². The summed E-state index contributed by atoms with van der Waals surface area (Å²) < 4.78 is 12.9. The van der Waals surface area contributed by atoms with Crippen LogP contribution in [0.3, 0.4) is 0 Å². The first-order valence-corrected chi connectivity index (χ1v) is 7.69. The van der Waals surface area contributed by atoms with Gasteiger partial charge in [0.25, 0.3) is 0 Å². The van der Waals surface area contributed by atoms with Crippen molar-refractivity contribution in [1.29, 1.82) is 0 Å². The second-order valence-corrected chi connectivity index (χ2v) is 5.96. The van der Waals surface area contributed by atoms with Crippen LogP contribution in [0.25, 0.3) is 0 Å². The summed E-state index contributed by atoms with van der Waals surface area (Å²) in [6.07, 6.45) is 2.84. The average molecular weight is 373 g/mol. The van der Waals surface area contributed by atoms with Gasteiger partial charge in [0.15, 0.2) is 0 Å². The topological polar surface area (TPSA) is 63.8 Å². The molecule has 0 radical (unpaired) electrons. The van der Waals surface area contributed by atoms with Crippen LogP contribution in [0.5, 0.6) is 0 Å². The molecule has 132 valence electrons. The molecule has 3 rings (SSSR count). The molecule has 1 heterocycles. The van der Waals surface area contributed by atoms with Gasteiger partial charge in [-0.3, -0.25) is 0 Å². The Labute approximate surface area is 154 Å². The molecule has 0 unspecified atom stereocenters. The highest BCUT2D eigenvalue weighted by atomic mass is 35.5. The number of nitrogens with zero attached hydrogens (tertiary/aromatic N) is 2. The average Bonchev–Trinajstić information content (AvgIpc) is 2.45. The summed E-state index contributed by atoms with van der Waals surface area (Å²) in [5, 5.41) is 3.33. The van der Waals surface area contributed by atoms with Gasteiger partial charge in [-0.25, -0.2) is 14.4 Å². The van der Waals surface area contributed by atoms with Gasteiger partial charge < -0.3 is 11.1 Å². The maximum atomic E-state index is 12.9. The Morgan fingerprint density at radius 2 is 1.83 bits per heavy atom. The number of nitrogens with two attached hydrogens (primary N) is 1. The van der Waals surface area contributed by atoms with Gasteiger partial charge in [0.2, 0.25) is 0 Å². The molecule has 1 aromatic carbocycles. The van der Waals surface area contributed by atoms with Crippen molar-refractivity contribution >= 4 is 30.6 Å². The first-order chi connectivity index (χ1) is 10.6. The van der Waals surface area contributed by atoms with Crippen molar-refractivity contribution in [2.24, 2.45) is 5.73 Å². The summed E-state index contributed by atoms with van der Waals surface area (Å²) in [4.78, 5) is 8.94. The highest BCUT2D eigenvalue weighted by Crippen LogP contribution is 2.35.